The smallest absolute Gasteiger partial charge is 2.00 e. The molecule has 0 rings (SSSR count). The van der Waals surface area contributed by atoms with Gasteiger partial charge in [-0.15, -0.1) is 0 Å². The van der Waals surface area contributed by atoms with Gasteiger partial charge in [0.15, 0.2) is 0 Å². The van der Waals surface area contributed by atoms with Gasteiger partial charge in [-0.3, -0.25) is 0 Å². The van der Waals surface area contributed by atoms with Crippen LogP contribution in [-0.4, -0.2) is 0 Å². The minimum atomic E-state index is 0. The van der Waals surface area contributed by atoms with E-state index in [0.717, 1.165) is 0 Å². The first-order chi connectivity index (χ1) is 0. The molecule has 0 unspecified atom stereocenters. The van der Waals surface area contributed by atoms with Crippen LogP contribution >= 0.6 is 0 Å². The second kappa shape index (κ2) is 17.1. The fraction of sp³-hybridized carbons (Fsp3) is 0. The van der Waals surface area contributed by atoms with Gasteiger partial charge in [0, 0.05) is 0 Å². The zero-order chi connectivity index (χ0) is 0. The molecule has 0 heterocycles. The molecule has 0 bridgehead atoms. The predicted molar refractivity (Wildman–Crippen MR) is 14.7 cm³/mol. The van der Waals surface area contributed by atoms with Crippen LogP contribution in [0, 0.1) is 39.9 Å². The molecule has 0 aromatic carbocycles. The third-order valence-electron chi connectivity index (χ3n) is 0. The predicted octanol–water partition coefficient (Wildman–Crippen LogP) is -0.00730. The quantitative estimate of drug-likeness (QED) is 0.549. The summed E-state index contributed by atoms with van der Waals surface area (Å²) in [5.74, 6) is 0. The molecule has 4 heavy (non-hydrogen) atoms. The zero-order valence-electron chi connectivity index (χ0n) is 1.47. The van der Waals surface area contributed by atoms with Gasteiger partial charge in [0.25, 0.3) is 0 Å². The molecule has 4 heteroatoms. The van der Waals surface area contributed by atoms with Crippen LogP contribution in [0.3, 0.4) is 0 Å². The van der Waals surface area contributed by atoms with Crippen molar-refractivity contribution >= 4 is 27.0 Å². The summed E-state index contributed by atoms with van der Waals surface area (Å²) in [6.07, 6.45) is 0. The van der Waals surface area contributed by atoms with E-state index in [-0.39, 0.29) is 89.3 Å². The molecule has 0 spiro atoms. The summed E-state index contributed by atoms with van der Waals surface area (Å²) >= 11 is 0. The standard InChI is InChI=1S/Ag.Gd.2S/q+1;+3;2*-2. The Hall–Kier alpha value is 2.76. The van der Waals surface area contributed by atoms with E-state index >= 15 is 0 Å². The third-order valence-corrected chi connectivity index (χ3v) is 0. The van der Waals surface area contributed by atoms with E-state index < -0.39 is 0 Å². The van der Waals surface area contributed by atoms with Gasteiger partial charge >= 0.3 is 62.3 Å². The molecule has 0 amide bonds. The second-order valence-corrected chi connectivity index (χ2v) is 0. The molecule has 1 radical (unpaired) electrons. The van der Waals surface area contributed by atoms with Crippen molar-refractivity contribution in [2.24, 2.45) is 0 Å². The van der Waals surface area contributed by atoms with E-state index in [2.05, 4.69) is 0 Å². The molecule has 0 aliphatic rings. The van der Waals surface area contributed by atoms with Crippen LogP contribution in [0.1, 0.15) is 0 Å². The van der Waals surface area contributed by atoms with Gasteiger partial charge in [0.2, 0.25) is 0 Å². The molecule has 31 valence electrons. The van der Waals surface area contributed by atoms with Gasteiger partial charge in [-0.2, -0.15) is 0 Å². The van der Waals surface area contributed by atoms with Crippen LogP contribution in [0.4, 0.5) is 0 Å². The summed E-state index contributed by atoms with van der Waals surface area (Å²) in [6, 6.07) is 0. The minimum absolute atomic E-state index is 0. The van der Waals surface area contributed by atoms with Crippen LogP contribution in [0.25, 0.3) is 0 Å². The van der Waals surface area contributed by atoms with Crippen LogP contribution in [0.2, 0.25) is 0 Å². The average Bonchev–Trinajstić information content (AvgIpc) is 0. The van der Waals surface area contributed by atoms with Crippen molar-refractivity contribution in [3.8, 4) is 0 Å². The SMILES string of the molecule is [Ag+].[Gd+3].[S-2].[S-2]. The van der Waals surface area contributed by atoms with Gasteiger partial charge < -0.3 is 27.0 Å². The van der Waals surface area contributed by atoms with Gasteiger partial charge in [-0.1, -0.05) is 0 Å². The second-order valence-electron chi connectivity index (χ2n) is 0. The summed E-state index contributed by atoms with van der Waals surface area (Å²) in [5, 5.41) is 0. The number of rotatable bonds is 0. The fourth-order valence-electron chi connectivity index (χ4n) is 0. The summed E-state index contributed by atoms with van der Waals surface area (Å²) in [5.41, 5.74) is 0. The van der Waals surface area contributed by atoms with Crippen LogP contribution in [0.15, 0.2) is 0 Å². The zero-order valence-corrected chi connectivity index (χ0v) is 6.86. The van der Waals surface area contributed by atoms with Crippen molar-refractivity contribution in [2.45, 2.75) is 0 Å². The maximum atomic E-state index is 0. The van der Waals surface area contributed by atoms with Crippen molar-refractivity contribution in [3.63, 3.8) is 0 Å². The summed E-state index contributed by atoms with van der Waals surface area (Å²) < 4.78 is 0. The Labute approximate surface area is 87.6 Å². The van der Waals surface area contributed by atoms with Crippen molar-refractivity contribution in [3.05, 3.63) is 0 Å². The molecule has 0 aliphatic carbocycles. The first-order valence-electron chi connectivity index (χ1n) is 0. The van der Waals surface area contributed by atoms with Gasteiger partial charge in [-0.25, -0.2) is 0 Å². The van der Waals surface area contributed by atoms with Crippen LogP contribution < -0.4 is 0 Å². The van der Waals surface area contributed by atoms with E-state index in [1.165, 1.54) is 0 Å². The molecule has 0 nitrogen and oxygen atoms in total. The molecule has 0 saturated carbocycles. The van der Waals surface area contributed by atoms with Crippen LogP contribution in [0.5, 0.6) is 0 Å². The Balaban J connectivity index is 0. The first-order valence-corrected chi connectivity index (χ1v) is 0. The maximum Gasteiger partial charge on any atom is 3.00 e. The Morgan fingerprint density at radius 1 is 0.750 bits per heavy atom. The fourth-order valence-corrected chi connectivity index (χ4v) is 0. The van der Waals surface area contributed by atoms with Crippen molar-refractivity contribution < 1.29 is 62.3 Å². The molecule has 0 N–H and O–H groups in total. The Bertz CT molecular complexity index is 6.00. The van der Waals surface area contributed by atoms with Crippen molar-refractivity contribution in [2.75, 3.05) is 0 Å². The van der Waals surface area contributed by atoms with Crippen molar-refractivity contribution in [1.82, 2.24) is 0 Å². The largest absolute Gasteiger partial charge is 3.00 e. The molecule has 0 fully saturated rings. The van der Waals surface area contributed by atoms with E-state index in [1.807, 2.05) is 0 Å². The van der Waals surface area contributed by atoms with E-state index in [9.17, 15) is 0 Å². The number of hydrogen-bond acceptors (Lipinski definition) is 0. The molecular weight excluding hydrogens is 329 g/mol. The van der Waals surface area contributed by atoms with Gasteiger partial charge in [-0.05, 0) is 0 Å². The molecule has 0 atom stereocenters. The van der Waals surface area contributed by atoms with E-state index in [4.69, 9.17) is 0 Å². The van der Waals surface area contributed by atoms with Crippen LogP contribution in [-0.2, 0) is 49.4 Å². The maximum absolute atomic E-state index is 0. The Kier molecular flexibility index (Phi) is 126. The molecule has 0 aromatic heterocycles. The summed E-state index contributed by atoms with van der Waals surface area (Å²) in [7, 11) is 0. The Morgan fingerprint density at radius 3 is 0.750 bits per heavy atom. The minimum Gasteiger partial charge on any atom is -2.00 e. The molecular formula is AgGdS2. The van der Waals surface area contributed by atoms with Gasteiger partial charge in [0.05, 0.1) is 0 Å². The van der Waals surface area contributed by atoms with Crippen molar-refractivity contribution in [1.29, 1.82) is 0 Å². The van der Waals surface area contributed by atoms with E-state index in [0.29, 0.717) is 0 Å². The van der Waals surface area contributed by atoms with E-state index in [1.54, 1.807) is 0 Å². The summed E-state index contributed by atoms with van der Waals surface area (Å²) in [4.78, 5) is 0. The average molecular weight is 329 g/mol. The summed E-state index contributed by atoms with van der Waals surface area (Å²) in [6.45, 7) is 0. The molecule has 0 aromatic rings. The Morgan fingerprint density at radius 2 is 0.750 bits per heavy atom. The third kappa shape index (κ3) is 8.83. The molecule has 0 saturated heterocycles. The first kappa shape index (κ1) is 29.4. The monoisotopic (exact) mass is 329 g/mol. The normalized spacial score (nSPS) is 0. The number of hydrogen-bond donors (Lipinski definition) is 0. The van der Waals surface area contributed by atoms with Gasteiger partial charge in [0.1, 0.15) is 0 Å². The topological polar surface area (TPSA) is 0 Å². The molecule has 0 aliphatic heterocycles.